The van der Waals surface area contributed by atoms with Gasteiger partial charge >= 0.3 is 0 Å². The maximum atomic E-state index is 5.82. The highest BCUT2D eigenvalue weighted by molar-refractivity contribution is 5.52. The van der Waals surface area contributed by atoms with Gasteiger partial charge in [-0.15, -0.1) is 0 Å². The topological polar surface area (TPSA) is 55.9 Å². The lowest BCUT2D eigenvalue weighted by Crippen LogP contribution is -2.19. The molecule has 110 valence electrons. The van der Waals surface area contributed by atoms with E-state index in [2.05, 4.69) is 49.2 Å². The molecule has 0 saturated heterocycles. The van der Waals surface area contributed by atoms with Gasteiger partial charge in [0.05, 0.1) is 18.4 Å². The quantitative estimate of drug-likeness (QED) is 0.845. The van der Waals surface area contributed by atoms with Crippen molar-refractivity contribution in [1.82, 2.24) is 20.1 Å². The molecule has 2 rings (SSSR count). The molecule has 0 aromatic carbocycles. The molecule has 0 spiro atoms. The molecule has 1 N–H and O–H groups in total. The van der Waals surface area contributed by atoms with Gasteiger partial charge in [-0.2, -0.15) is 5.10 Å². The SMILES string of the molecule is CCc1cc(-c2cnc(CNCC(C)C)o2)n(CC)n1. The lowest BCUT2D eigenvalue weighted by atomic mass is 10.2. The summed E-state index contributed by atoms with van der Waals surface area (Å²) < 4.78 is 7.78. The number of rotatable bonds is 7. The summed E-state index contributed by atoms with van der Waals surface area (Å²) in [4.78, 5) is 4.33. The number of oxazole rings is 1. The van der Waals surface area contributed by atoms with E-state index in [1.165, 1.54) is 0 Å². The Hall–Kier alpha value is -1.62. The molecule has 0 unspecified atom stereocenters. The average molecular weight is 276 g/mol. The molecular formula is C15H24N4O. The zero-order valence-corrected chi connectivity index (χ0v) is 12.8. The van der Waals surface area contributed by atoms with Gasteiger partial charge in [0.15, 0.2) is 5.76 Å². The summed E-state index contributed by atoms with van der Waals surface area (Å²) in [5.41, 5.74) is 2.09. The molecular weight excluding hydrogens is 252 g/mol. The van der Waals surface area contributed by atoms with E-state index in [1.54, 1.807) is 6.20 Å². The number of nitrogens with one attached hydrogen (secondary N) is 1. The summed E-state index contributed by atoms with van der Waals surface area (Å²) in [7, 11) is 0. The molecule has 2 aromatic rings. The second-order valence-corrected chi connectivity index (χ2v) is 5.33. The van der Waals surface area contributed by atoms with Crippen LogP contribution in [0.4, 0.5) is 0 Å². The van der Waals surface area contributed by atoms with E-state index in [4.69, 9.17) is 4.42 Å². The molecule has 0 amide bonds. The lowest BCUT2D eigenvalue weighted by molar-refractivity contribution is 0.456. The van der Waals surface area contributed by atoms with Crippen molar-refractivity contribution in [1.29, 1.82) is 0 Å². The van der Waals surface area contributed by atoms with Gasteiger partial charge in [-0.05, 0) is 31.9 Å². The number of nitrogens with zero attached hydrogens (tertiary/aromatic N) is 3. The highest BCUT2D eigenvalue weighted by Crippen LogP contribution is 2.22. The molecule has 5 heteroatoms. The van der Waals surface area contributed by atoms with Crippen molar-refractivity contribution in [2.75, 3.05) is 6.54 Å². The minimum atomic E-state index is 0.623. The van der Waals surface area contributed by atoms with Crippen molar-refractivity contribution in [2.24, 2.45) is 5.92 Å². The van der Waals surface area contributed by atoms with Gasteiger partial charge in [0.25, 0.3) is 0 Å². The van der Waals surface area contributed by atoms with Gasteiger partial charge in [-0.3, -0.25) is 4.68 Å². The van der Waals surface area contributed by atoms with Crippen LogP contribution in [0.2, 0.25) is 0 Å². The number of hydrogen-bond donors (Lipinski definition) is 1. The third kappa shape index (κ3) is 3.48. The van der Waals surface area contributed by atoms with Crippen molar-refractivity contribution in [3.63, 3.8) is 0 Å². The Bertz CT molecular complexity index is 542. The third-order valence-electron chi connectivity index (χ3n) is 3.13. The van der Waals surface area contributed by atoms with E-state index in [1.807, 2.05) is 4.68 Å². The molecule has 5 nitrogen and oxygen atoms in total. The molecule has 2 heterocycles. The summed E-state index contributed by atoms with van der Waals surface area (Å²) >= 11 is 0. The van der Waals surface area contributed by atoms with E-state index < -0.39 is 0 Å². The van der Waals surface area contributed by atoms with Gasteiger partial charge < -0.3 is 9.73 Å². The van der Waals surface area contributed by atoms with E-state index >= 15 is 0 Å². The predicted molar refractivity (Wildman–Crippen MR) is 79.3 cm³/mol. The van der Waals surface area contributed by atoms with Crippen LogP contribution in [0.3, 0.4) is 0 Å². The Morgan fingerprint density at radius 1 is 1.35 bits per heavy atom. The predicted octanol–water partition coefficient (Wildman–Crippen LogP) is 2.87. The Morgan fingerprint density at radius 2 is 2.15 bits per heavy atom. The van der Waals surface area contributed by atoms with Gasteiger partial charge in [0.2, 0.25) is 5.89 Å². The van der Waals surface area contributed by atoms with Gasteiger partial charge in [0.1, 0.15) is 5.69 Å². The van der Waals surface area contributed by atoms with Crippen molar-refractivity contribution in [3.05, 3.63) is 23.8 Å². The molecule has 0 aliphatic rings. The standard InChI is InChI=1S/C15H24N4O/c1-5-12-7-13(19(6-2)18-12)14-9-17-15(20-14)10-16-8-11(3)4/h7,9,11,16H,5-6,8,10H2,1-4H3. The van der Waals surface area contributed by atoms with Crippen LogP contribution in [-0.2, 0) is 19.5 Å². The molecule has 0 fully saturated rings. The van der Waals surface area contributed by atoms with Crippen LogP contribution in [0.25, 0.3) is 11.5 Å². The highest BCUT2D eigenvalue weighted by Gasteiger charge is 2.13. The smallest absolute Gasteiger partial charge is 0.208 e. The van der Waals surface area contributed by atoms with E-state index in [0.717, 1.165) is 42.5 Å². The van der Waals surface area contributed by atoms with Gasteiger partial charge in [-0.1, -0.05) is 20.8 Å². The maximum absolute atomic E-state index is 5.82. The fourth-order valence-corrected chi connectivity index (χ4v) is 2.06. The Kier molecular flexibility index (Phi) is 4.95. The number of aromatic nitrogens is 3. The number of hydrogen-bond acceptors (Lipinski definition) is 4. The maximum Gasteiger partial charge on any atom is 0.208 e. The molecule has 0 atom stereocenters. The van der Waals surface area contributed by atoms with E-state index in [0.29, 0.717) is 12.5 Å². The Labute approximate surface area is 120 Å². The first-order valence-corrected chi connectivity index (χ1v) is 7.36. The normalized spacial score (nSPS) is 11.4. The minimum absolute atomic E-state index is 0.623. The van der Waals surface area contributed by atoms with Crippen LogP contribution in [0.15, 0.2) is 16.7 Å². The first-order valence-electron chi connectivity index (χ1n) is 7.36. The van der Waals surface area contributed by atoms with Crippen molar-refractivity contribution in [2.45, 2.75) is 47.2 Å². The molecule has 0 bridgehead atoms. The van der Waals surface area contributed by atoms with Crippen molar-refractivity contribution >= 4 is 0 Å². The van der Waals surface area contributed by atoms with Crippen molar-refractivity contribution < 1.29 is 4.42 Å². The van der Waals surface area contributed by atoms with Crippen LogP contribution < -0.4 is 5.32 Å². The molecule has 20 heavy (non-hydrogen) atoms. The number of aryl methyl sites for hydroxylation is 2. The second kappa shape index (κ2) is 6.70. The molecule has 0 radical (unpaired) electrons. The molecule has 0 aliphatic carbocycles. The summed E-state index contributed by atoms with van der Waals surface area (Å²) in [5, 5.41) is 7.86. The van der Waals surface area contributed by atoms with Gasteiger partial charge in [0, 0.05) is 6.54 Å². The Morgan fingerprint density at radius 3 is 2.80 bits per heavy atom. The van der Waals surface area contributed by atoms with Crippen LogP contribution >= 0.6 is 0 Å². The largest absolute Gasteiger partial charge is 0.438 e. The monoisotopic (exact) mass is 276 g/mol. The van der Waals surface area contributed by atoms with Gasteiger partial charge in [-0.25, -0.2) is 4.98 Å². The van der Waals surface area contributed by atoms with Crippen LogP contribution in [0.5, 0.6) is 0 Å². The first kappa shape index (κ1) is 14.8. The van der Waals surface area contributed by atoms with Crippen molar-refractivity contribution in [3.8, 4) is 11.5 Å². The second-order valence-electron chi connectivity index (χ2n) is 5.33. The first-order chi connectivity index (χ1) is 9.63. The third-order valence-corrected chi connectivity index (χ3v) is 3.13. The summed E-state index contributed by atoms with van der Waals surface area (Å²) in [5.74, 6) is 2.14. The zero-order chi connectivity index (χ0) is 14.5. The molecule has 0 aliphatic heterocycles. The molecule has 2 aromatic heterocycles. The zero-order valence-electron chi connectivity index (χ0n) is 12.8. The highest BCUT2D eigenvalue weighted by atomic mass is 16.4. The van der Waals surface area contributed by atoms with Crippen LogP contribution in [0, 0.1) is 5.92 Å². The van der Waals surface area contributed by atoms with E-state index in [-0.39, 0.29) is 0 Å². The Balaban J connectivity index is 2.10. The fourth-order valence-electron chi connectivity index (χ4n) is 2.06. The van der Waals surface area contributed by atoms with E-state index in [9.17, 15) is 0 Å². The molecule has 0 saturated carbocycles. The lowest BCUT2D eigenvalue weighted by Gasteiger charge is -2.04. The minimum Gasteiger partial charge on any atom is -0.438 e. The van der Waals surface area contributed by atoms with Crippen LogP contribution in [0.1, 0.15) is 39.3 Å². The average Bonchev–Trinajstić information content (AvgIpc) is 3.03. The fraction of sp³-hybridized carbons (Fsp3) is 0.600. The van der Waals surface area contributed by atoms with Crippen LogP contribution in [-0.4, -0.2) is 21.3 Å². The summed E-state index contributed by atoms with van der Waals surface area (Å²) in [6, 6.07) is 2.08. The summed E-state index contributed by atoms with van der Waals surface area (Å²) in [6.45, 7) is 11.0. The summed E-state index contributed by atoms with van der Waals surface area (Å²) in [6.07, 6.45) is 2.71.